The highest BCUT2D eigenvalue weighted by atomic mass is 35.5. The Morgan fingerprint density at radius 2 is 1.93 bits per heavy atom. The minimum Gasteiger partial charge on any atom is -0.488 e. The van der Waals surface area contributed by atoms with E-state index in [4.69, 9.17) is 27.9 Å². The van der Waals surface area contributed by atoms with Crippen molar-refractivity contribution in [3.63, 3.8) is 0 Å². The van der Waals surface area contributed by atoms with Gasteiger partial charge in [0.05, 0.1) is 4.91 Å². The lowest BCUT2D eigenvalue weighted by molar-refractivity contribution is -0.122. The summed E-state index contributed by atoms with van der Waals surface area (Å²) in [6.07, 6.45) is 2.42. The molecule has 0 atom stereocenters. The number of carbonyl (C=O) groups is 2. The summed E-state index contributed by atoms with van der Waals surface area (Å²) in [7, 11) is 0. The van der Waals surface area contributed by atoms with E-state index in [0.29, 0.717) is 27.2 Å². The fourth-order valence-electron chi connectivity index (χ4n) is 2.58. The molecule has 1 aliphatic heterocycles. The summed E-state index contributed by atoms with van der Waals surface area (Å²) in [4.78, 5) is 26.1. The number of amides is 2. The summed E-state index contributed by atoms with van der Waals surface area (Å²) in [5.74, 6) is 0.341. The topological polar surface area (TPSA) is 46.6 Å². The van der Waals surface area contributed by atoms with Crippen LogP contribution < -0.4 is 4.74 Å². The molecule has 0 N–H and O–H groups in total. The van der Waals surface area contributed by atoms with Crippen LogP contribution in [0.4, 0.5) is 4.79 Å². The van der Waals surface area contributed by atoms with Gasteiger partial charge in [-0.1, -0.05) is 54.4 Å². The third-order valence-electron chi connectivity index (χ3n) is 3.92. The van der Waals surface area contributed by atoms with Gasteiger partial charge in [-0.25, -0.2) is 0 Å². The standard InChI is InChI=1S/C20H17Cl2NO3S/c1-2-9-23-19(24)18(27-20(23)25)10-13-5-3-4-6-17(13)26-12-14-7-8-15(21)11-16(14)22/h3-8,10-11H,2,9,12H2,1H3/b18-10+. The fraction of sp³-hybridized carbons (Fsp3) is 0.200. The van der Waals surface area contributed by atoms with Gasteiger partial charge in [-0.15, -0.1) is 0 Å². The average Bonchev–Trinajstić information content (AvgIpc) is 2.90. The molecule has 4 nitrogen and oxygen atoms in total. The number of ether oxygens (including phenoxy) is 1. The number of benzene rings is 2. The molecule has 0 unspecified atom stereocenters. The number of imide groups is 1. The highest BCUT2D eigenvalue weighted by Crippen LogP contribution is 2.34. The number of rotatable bonds is 6. The molecule has 0 spiro atoms. The van der Waals surface area contributed by atoms with Gasteiger partial charge in [0.25, 0.3) is 11.1 Å². The van der Waals surface area contributed by atoms with E-state index in [0.717, 1.165) is 29.3 Å². The van der Waals surface area contributed by atoms with Crippen LogP contribution in [0.1, 0.15) is 24.5 Å². The molecular formula is C20H17Cl2NO3S. The van der Waals surface area contributed by atoms with Gasteiger partial charge in [-0.05, 0) is 42.5 Å². The average molecular weight is 422 g/mol. The molecule has 0 aromatic heterocycles. The van der Waals surface area contributed by atoms with E-state index in [1.165, 1.54) is 4.90 Å². The molecule has 2 aromatic rings. The summed E-state index contributed by atoms with van der Waals surface area (Å²) >= 11 is 13.1. The van der Waals surface area contributed by atoms with Crippen LogP contribution in [-0.4, -0.2) is 22.6 Å². The normalized spacial score (nSPS) is 15.7. The third-order valence-corrected chi connectivity index (χ3v) is 5.42. The van der Waals surface area contributed by atoms with Crippen molar-refractivity contribution in [2.45, 2.75) is 20.0 Å². The van der Waals surface area contributed by atoms with Gasteiger partial charge in [-0.2, -0.15) is 0 Å². The van der Waals surface area contributed by atoms with Gasteiger partial charge < -0.3 is 4.74 Å². The Bertz CT molecular complexity index is 914. The lowest BCUT2D eigenvalue weighted by Gasteiger charge is -2.11. The van der Waals surface area contributed by atoms with E-state index >= 15 is 0 Å². The second-order valence-corrected chi connectivity index (χ2v) is 7.73. The van der Waals surface area contributed by atoms with Gasteiger partial charge in [0, 0.05) is 27.7 Å². The smallest absolute Gasteiger partial charge is 0.293 e. The predicted octanol–water partition coefficient (Wildman–Crippen LogP) is 6.02. The minimum atomic E-state index is -0.262. The first-order chi connectivity index (χ1) is 13.0. The Morgan fingerprint density at radius 1 is 1.15 bits per heavy atom. The molecule has 1 saturated heterocycles. The number of halogens is 2. The Balaban J connectivity index is 1.80. The highest BCUT2D eigenvalue weighted by Gasteiger charge is 2.34. The number of para-hydroxylation sites is 1. The largest absolute Gasteiger partial charge is 0.488 e. The van der Waals surface area contributed by atoms with E-state index in [-0.39, 0.29) is 17.8 Å². The van der Waals surface area contributed by atoms with Crippen molar-refractivity contribution in [1.29, 1.82) is 0 Å². The van der Waals surface area contributed by atoms with E-state index in [9.17, 15) is 9.59 Å². The summed E-state index contributed by atoms with van der Waals surface area (Å²) in [6.45, 7) is 2.62. The maximum atomic E-state index is 12.4. The Hall–Kier alpha value is -1.95. The van der Waals surface area contributed by atoms with E-state index in [1.807, 2.05) is 37.3 Å². The van der Waals surface area contributed by atoms with Crippen molar-refractivity contribution >= 4 is 52.2 Å². The van der Waals surface area contributed by atoms with Crippen molar-refractivity contribution in [3.8, 4) is 5.75 Å². The molecule has 2 aromatic carbocycles. The maximum absolute atomic E-state index is 12.4. The molecule has 0 radical (unpaired) electrons. The molecular weight excluding hydrogens is 405 g/mol. The van der Waals surface area contributed by atoms with Crippen molar-refractivity contribution in [1.82, 2.24) is 4.90 Å². The van der Waals surface area contributed by atoms with Gasteiger partial charge in [0.15, 0.2) is 0 Å². The minimum absolute atomic E-state index is 0.237. The third kappa shape index (κ3) is 4.67. The quantitative estimate of drug-likeness (QED) is 0.534. The number of thioether (sulfide) groups is 1. The molecule has 1 aliphatic rings. The van der Waals surface area contributed by atoms with E-state index in [2.05, 4.69) is 0 Å². The second kappa shape index (κ2) is 8.83. The molecule has 0 saturated carbocycles. The first-order valence-electron chi connectivity index (χ1n) is 8.40. The monoisotopic (exact) mass is 421 g/mol. The predicted molar refractivity (Wildman–Crippen MR) is 110 cm³/mol. The van der Waals surface area contributed by atoms with Gasteiger partial charge in [-0.3, -0.25) is 14.5 Å². The summed E-state index contributed by atoms with van der Waals surface area (Å²) < 4.78 is 5.90. The van der Waals surface area contributed by atoms with Crippen LogP contribution in [0.3, 0.4) is 0 Å². The Morgan fingerprint density at radius 3 is 2.67 bits per heavy atom. The Kier molecular flexibility index (Phi) is 6.47. The van der Waals surface area contributed by atoms with Crippen molar-refractivity contribution in [3.05, 3.63) is 68.5 Å². The van der Waals surface area contributed by atoms with Crippen LogP contribution in [0, 0.1) is 0 Å². The van der Waals surface area contributed by atoms with E-state index < -0.39 is 0 Å². The van der Waals surface area contributed by atoms with Crippen molar-refractivity contribution in [2.24, 2.45) is 0 Å². The van der Waals surface area contributed by atoms with Gasteiger partial charge in [0.2, 0.25) is 0 Å². The molecule has 140 valence electrons. The molecule has 0 aliphatic carbocycles. The second-order valence-electron chi connectivity index (χ2n) is 5.90. The molecule has 1 heterocycles. The summed E-state index contributed by atoms with van der Waals surface area (Å²) in [6, 6.07) is 12.6. The first kappa shape index (κ1) is 19.8. The van der Waals surface area contributed by atoms with Crippen LogP contribution in [0.25, 0.3) is 6.08 Å². The van der Waals surface area contributed by atoms with Crippen LogP contribution >= 0.6 is 35.0 Å². The van der Waals surface area contributed by atoms with Crippen molar-refractivity contribution in [2.75, 3.05) is 6.54 Å². The molecule has 0 bridgehead atoms. The maximum Gasteiger partial charge on any atom is 0.293 e. The van der Waals surface area contributed by atoms with Crippen LogP contribution in [0.15, 0.2) is 47.4 Å². The first-order valence-corrected chi connectivity index (χ1v) is 9.98. The molecule has 2 amide bonds. The number of hydrogen-bond acceptors (Lipinski definition) is 4. The zero-order valence-electron chi connectivity index (χ0n) is 14.6. The zero-order chi connectivity index (χ0) is 19.4. The molecule has 3 rings (SSSR count). The van der Waals surface area contributed by atoms with Crippen LogP contribution in [0.5, 0.6) is 5.75 Å². The van der Waals surface area contributed by atoms with Crippen molar-refractivity contribution < 1.29 is 14.3 Å². The molecule has 1 fully saturated rings. The van der Waals surface area contributed by atoms with E-state index in [1.54, 1.807) is 18.2 Å². The Labute approximate surface area is 172 Å². The summed E-state index contributed by atoms with van der Waals surface area (Å²) in [5, 5.41) is 0.854. The summed E-state index contributed by atoms with van der Waals surface area (Å²) in [5.41, 5.74) is 1.53. The fourth-order valence-corrected chi connectivity index (χ4v) is 3.90. The number of nitrogens with zero attached hydrogens (tertiary/aromatic N) is 1. The molecule has 27 heavy (non-hydrogen) atoms. The lowest BCUT2D eigenvalue weighted by atomic mass is 10.1. The SMILES string of the molecule is CCCN1C(=O)S/C(=C/c2ccccc2OCc2ccc(Cl)cc2Cl)C1=O. The van der Waals surface area contributed by atoms with Crippen LogP contribution in [-0.2, 0) is 11.4 Å². The van der Waals surface area contributed by atoms with Gasteiger partial charge in [0.1, 0.15) is 12.4 Å². The number of carbonyl (C=O) groups excluding carboxylic acids is 2. The molecule has 7 heteroatoms. The highest BCUT2D eigenvalue weighted by molar-refractivity contribution is 8.18. The lowest BCUT2D eigenvalue weighted by Crippen LogP contribution is -2.28. The van der Waals surface area contributed by atoms with Gasteiger partial charge >= 0.3 is 0 Å². The zero-order valence-corrected chi connectivity index (χ0v) is 16.9. The number of hydrogen-bond donors (Lipinski definition) is 0. The van der Waals surface area contributed by atoms with Crippen LogP contribution in [0.2, 0.25) is 10.0 Å².